The number of hydrogen-bond donors (Lipinski definition) is 0. The lowest BCUT2D eigenvalue weighted by atomic mass is 10.0. The van der Waals surface area contributed by atoms with Crippen LogP contribution in [0.5, 0.6) is 5.75 Å². The fraction of sp³-hybridized carbons (Fsp3) is 0.344. The maximum Gasteiger partial charge on any atom is 0.355 e. The highest BCUT2D eigenvalue weighted by Crippen LogP contribution is 2.37. The van der Waals surface area contributed by atoms with Gasteiger partial charge in [-0.1, -0.05) is 19.6 Å². The first-order valence-electron chi connectivity index (χ1n) is 14.4. The fourth-order valence-corrected chi connectivity index (χ4v) is 5.79. The Morgan fingerprint density at radius 2 is 2.02 bits per heavy atom. The van der Waals surface area contributed by atoms with E-state index in [1.807, 2.05) is 18.7 Å². The van der Waals surface area contributed by atoms with Gasteiger partial charge >= 0.3 is 5.69 Å². The molecule has 9 nitrogen and oxygen atoms in total. The first-order chi connectivity index (χ1) is 20.8. The minimum Gasteiger partial charge on any atom is -0.493 e. The summed E-state index contributed by atoms with van der Waals surface area (Å²) < 4.78 is 38.7. The normalized spacial score (nSPS) is 19.4. The Balaban J connectivity index is 1.83. The van der Waals surface area contributed by atoms with Crippen LogP contribution in [0.4, 0.5) is 14.6 Å². The van der Waals surface area contributed by atoms with E-state index in [1.54, 1.807) is 23.2 Å². The van der Waals surface area contributed by atoms with Crippen molar-refractivity contribution in [2.24, 2.45) is 4.99 Å². The van der Waals surface area contributed by atoms with Crippen molar-refractivity contribution >= 4 is 35.2 Å². The van der Waals surface area contributed by atoms with Gasteiger partial charge in [-0.15, -0.1) is 0 Å². The predicted molar refractivity (Wildman–Crippen MR) is 164 cm³/mol. The minimum absolute atomic E-state index is 0.110. The molecule has 1 saturated heterocycles. The number of ether oxygens (including phenoxy) is 1. The lowest BCUT2D eigenvalue weighted by molar-refractivity contribution is -0.126. The zero-order valence-electron chi connectivity index (χ0n) is 24.4. The third-order valence-electron chi connectivity index (χ3n) is 7.85. The molecule has 2 bridgehead atoms. The number of pyridine rings is 1. The molecule has 0 saturated carbocycles. The molecular weight excluding hydrogens is 554 g/mol. The molecule has 1 atom stereocenters. The number of nitrogens with zero attached hydrogens (tertiary/aromatic N) is 6. The summed E-state index contributed by atoms with van der Waals surface area (Å²) in [6.07, 6.45) is 7.00. The lowest BCUT2D eigenvalue weighted by Crippen LogP contribution is -2.54. The molecule has 0 unspecified atom stereocenters. The van der Waals surface area contributed by atoms with Crippen LogP contribution >= 0.6 is 0 Å². The van der Waals surface area contributed by atoms with Gasteiger partial charge in [-0.3, -0.25) is 9.79 Å². The number of amides is 1. The van der Waals surface area contributed by atoms with E-state index in [0.29, 0.717) is 56.4 Å². The lowest BCUT2D eigenvalue weighted by Gasteiger charge is -2.40. The highest BCUT2D eigenvalue weighted by atomic mass is 19.1. The molecule has 4 heterocycles. The van der Waals surface area contributed by atoms with Gasteiger partial charge in [-0.05, 0) is 75.2 Å². The topological polar surface area (TPSA) is 92.9 Å². The Labute approximate surface area is 248 Å². The zero-order valence-corrected chi connectivity index (χ0v) is 24.4. The van der Waals surface area contributed by atoms with Crippen LogP contribution in [0.1, 0.15) is 39.5 Å². The van der Waals surface area contributed by atoms with Gasteiger partial charge in [0, 0.05) is 37.6 Å². The van der Waals surface area contributed by atoms with Gasteiger partial charge < -0.3 is 14.5 Å². The number of piperazine rings is 1. The van der Waals surface area contributed by atoms with Crippen LogP contribution in [0.15, 0.2) is 64.6 Å². The minimum atomic E-state index is -0.781. The molecule has 2 aliphatic heterocycles. The van der Waals surface area contributed by atoms with Gasteiger partial charge in [0.2, 0.25) is 5.91 Å². The first-order valence-corrected chi connectivity index (χ1v) is 14.4. The number of allylic oxidation sites excluding steroid dienone is 3. The molecule has 224 valence electrons. The van der Waals surface area contributed by atoms with E-state index < -0.39 is 17.3 Å². The zero-order chi connectivity index (χ0) is 30.7. The smallest absolute Gasteiger partial charge is 0.355 e. The molecule has 43 heavy (non-hydrogen) atoms. The van der Waals surface area contributed by atoms with E-state index in [-0.39, 0.29) is 47.0 Å². The summed E-state index contributed by atoms with van der Waals surface area (Å²) in [7, 11) is 0. The Morgan fingerprint density at radius 1 is 1.21 bits per heavy atom. The first kappa shape index (κ1) is 29.8. The molecular formula is C32H34F2N6O3. The number of aliphatic imine (C=N–C) groups is 1. The number of rotatable bonds is 5. The summed E-state index contributed by atoms with van der Waals surface area (Å²) in [5.74, 6) is -1.24. The summed E-state index contributed by atoms with van der Waals surface area (Å²) in [4.78, 5) is 42.8. The quantitative estimate of drug-likeness (QED) is 0.295. The number of carbonyl (C=O) groups is 1. The van der Waals surface area contributed by atoms with Crippen LogP contribution < -0.4 is 15.3 Å². The van der Waals surface area contributed by atoms with E-state index in [4.69, 9.17) is 4.74 Å². The van der Waals surface area contributed by atoms with Crippen molar-refractivity contribution < 1.29 is 18.3 Å². The van der Waals surface area contributed by atoms with Gasteiger partial charge in [0.1, 0.15) is 23.1 Å². The van der Waals surface area contributed by atoms with Crippen molar-refractivity contribution in [3.63, 3.8) is 0 Å². The van der Waals surface area contributed by atoms with E-state index in [2.05, 4.69) is 28.3 Å². The predicted octanol–water partition coefficient (Wildman–Crippen LogP) is 5.36. The SMILES string of the molecule is C=CC(=O)N1CCN(c2nc(=O)n3c4nc(c(F)cc24)-c2c(F)cccc2OCCCCC(/C=C\N=C)=C\3CC)[C@@H](C)C1. The average Bonchev–Trinajstić information content (AvgIpc) is 3.00. The van der Waals surface area contributed by atoms with Crippen molar-refractivity contribution in [1.82, 2.24) is 19.4 Å². The van der Waals surface area contributed by atoms with Gasteiger partial charge in [-0.25, -0.2) is 23.1 Å². The monoisotopic (exact) mass is 588 g/mol. The van der Waals surface area contributed by atoms with E-state index in [1.165, 1.54) is 28.8 Å². The highest BCUT2D eigenvalue weighted by Gasteiger charge is 2.31. The van der Waals surface area contributed by atoms with E-state index in [0.717, 1.165) is 5.57 Å². The van der Waals surface area contributed by atoms with Crippen LogP contribution in [0.3, 0.4) is 0 Å². The van der Waals surface area contributed by atoms with Gasteiger partial charge in [0.25, 0.3) is 0 Å². The summed E-state index contributed by atoms with van der Waals surface area (Å²) in [5.41, 5.74) is 0.626. The third-order valence-corrected chi connectivity index (χ3v) is 7.85. The van der Waals surface area contributed by atoms with Crippen LogP contribution in [0.25, 0.3) is 28.0 Å². The number of hydrogen-bond acceptors (Lipinski definition) is 7. The molecule has 2 aliphatic rings. The molecule has 3 aromatic rings. The Morgan fingerprint density at radius 3 is 2.74 bits per heavy atom. The molecule has 0 spiro atoms. The van der Waals surface area contributed by atoms with Gasteiger partial charge in [-0.2, -0.15) is 4.98 Å². The molecule has 11 heteroatoms. The summed E-state index contributed by atoms with van der Waals surface area (Å²) in [5, 5.41) is 0.293. The number of benzene rings is 1. The molecule has 5 rings (SSSR count). The van der Waals surface area contributed by atoms with Crippen molar-refractivity contribution in [3.05, 3.63) is 76.9 Å². The maximum atomic E-state index is 16.1. The molecule has 0 aliphatic carbocycles. The van der Waals surface area contributed by atoms with Crippen molar-refractivity contribution in [2.45, 2.75) is 45.6 Å². The average molecular weight is 589 g/mol. The fourth-order valence-electron chi connectivity index (χ4n) is 5.79. The molecule has 1 aromatic carbocycles. The van der Waals surface area contributed by atoms with Crippen LogP contribution in [0, 0.1) is 11.6 Å². The van der Waals surface area contributed by atoms with Crippen LogP contribution in [-0.4, -0.2) is 64.3 Å². The van der Waals surface area contributed by atoms with Crippen molar-refractivity contribution in [3.8, 4) is 17.0 Å². The summed E-state index contributed by atoms with van der Waals surface area (Å²) in [6, 6.07) is 5.33. The van der Waals surface area contributed by atoms with Crippen LogP contribution in [-0.2, 0) is 4.79 Å². The van der Waals surface area contributed by atoms with Crippen molar-refractivity contribution in [2.75, 3.05) is 31.1 Å². The van der Waals surface area contributed by atoms with Crippen molar-refractivity contribution in [1.29, 1.82) is 0 Å². The Kier molecular flexibility index (Phi) is 8.79. The molecule has 0 N–H and O–H groups in total. The number of anilines is 1. The number of aromatic nitrogens is 3. The van der Waals surface area contributed by atoms with E-state index in [9.17, 15) is 9.59 Å². The van der Waals surface area contributed by atoms with Crippen LogP contribution in [0.2, 0.25) is 0 Å². The third kappa shape index (κ3) is 5.71. The molecule has 0 radical (unpaired) electrons. The highest BCUT2D eigenvalue weighted by molar-refractivity contribution is 5.92. The Hall–Kier alpha value is -4.67. The number of halogens is 2. The van der Waals surface area contributed by atoms with E-state index >= 15 is 8.78 Å². The molecule has 2 aromatic heterocycles. The second kappa shape index (κ2) is 12.7. The van der Waals surface area contributed by atoms with Gasteiger partial charge in [0.05, 0.1) is 17.6 Å². The molecule has 1 fully saturated rings. The number of carbonyl (C=O) groups excluding carboxylic acids is 1. The standard InChI is InChI=1S/C32H34F2N6O3/c1-5-25-21(13-14-35-4)10-7-8-17-43-26-12-9-11-23(33)28(26)29-24(34)18-22-30(37-32(42)40(25)31(22)36-29)39-16-15-38(19-20(39)3)27(41)6-2/h6,9,11-14,18,20H,2,4-5,7-8,10,15-17,19H2,1,3H3/b14-13-,25-21+/t20-/m0/s1. The second-order valence-electron chi connectivity index (χ2n) is 10.5. The summed E-state index contributed by atoms with van der Waals surface area (Å²) >= 11 is 0. The largest absolute Gasteiger partial charge is 0.493 e. The number of fused-ring (bicyclic) bond motifs is 3. The van der Waals surface area contributed by atoms with Gasteiger partial charge in [0.15, 0.2) is 11.5 Å². The molecule has 1 amide bonds. The second-order valence-corrected chi connectivity index (χ2v) is 10.5. The summed E-state index contributed by atoms with van der Waals surface area (Å²) in [6.45, 7) is 12.3. The maximum absolute atomic E-state index is 16.1. The Bertz CT molecular complexity index is 1710.